The van der Waals surface area contributed by atoms with Gasteiger partial charge in [0.2, 0.25) is 0 Å². The van der Waals surface area contributed by atoms with Gasteiger partial charge in [0.25, 0.3) is 0 Å². The Morgan fingerprint density at radius 3 is 2.33 bits per heavy atom. The van der Waals surface area contributed by atoms with Crippen LogP contribution in [-0.4, -0.2) is 0 Å². The normalized spacial score (nSPS) is 30.4. The topological polar surface area (TPSA) is 0 Å². The second kappa shape index (κ2) is 3.93. The van der Waals surface area contributed by atoms with Crippen LogP contribution in [-0.2, 0) is 0 Å². The monoisotopic (exact) mass is 164 g/mol. The third kappa shape index (κ3) is 2.84. The number of hydrogen-bond donors (Lipinski definition) is 0. The fourth-order valence-electron chi connectivity index (χ4n) is 1.53. The zero-order valence-electron chi connectivity index (χ0n) is 8.51. The van der Waals surface area contributed by atoms with E-state index in [0.29, 0.717) is 11.3 Å². The van der Waals surface area contributed by atoms with Crippen LogP contribution in [0.2, 0.25) is 0 Å². The Labute approximate surface area is 76.4 Å². The van der Waals surface area contributed by atoms with Gasteiger partial charge in [0, 0.05) is 0 Å². The van der Waals surface area contributed by atoms with Crippen LogP contribution < -0.4 is 0 Å². The van der Waals surface area contributed by atoms with E-state index in [1.807, 2.05) is 0 Å². The van der Waals surface area contributed by atoms with Crippen molar-refractivity contribution in [2.45, 2.75) is 40.0 Å². The lowest BCUT2D eigenvalue weighted by molar-refractivity contribution is 0.294. The molecule has 0 nitrogen and oxygen atoms in total. The summed E-state index contributed by atoms with van der Waals surface area (Å²) in [4.78, 5) is 0. The van der Waals surface area contributed by atoms with Gasteiger partial charge in [0.15, 0.2) is 0 Å². The van der Waals surface area contributed by atoms with E-state index in [-0.39, 0.29) is 0 Å². The van der Waals surface area contributed by atoms with Crippen LogP contribution >= 0.6 is 0 Å². The average Bonchev–Trinajstić information content (AvgIpc) is 1.81. The maximum Gasteiger partial charge on any atom is -0.0150 e. The third-order valence-corrected chi connectivity index (χ3v) is 2.54. The molecule has 0 saturated heterocycles. The predicted molar refractivity (Wildman–Crippen MR) is 55.1 cm³/mol. The fourth-order valence-corrected chi connectivity index (χ4v) is 1.53. The molecule has 0 fully saturated rings. The minimum absolute atomic E-state index is 0.415. The highest BCUT2D eigenvalue weighted by molar-refractivity contribution is 5.01. The Hall–Kier alpha value is -0.520. The summed E-state index contributed by atoms with van der Waals surface area (Å²) >= 11 is 0. The molecule has 0 N–H and O–H groups in total. The van der Waals surface area contributed by atoms with Gasteiger partial charge in [-0.2, -0.15) is 0 Å². The molecule has 1 aliphatic carbocycles. The van der Waals surface area contributed by atoms with E-state index < -0.39 is 0 Å². The highest BCUT2D eigenvalue weighted by Crippen LogP contribution is 2.31. The van der Waals surface area contributed by atoms with Gasteiger partial charge in [-0.1, -0.05) is 45.1 Å². The number of rotatable bonds is 0. The van der Waals surface area contributed by atoms with E-state index in [0.717, 1.165) is 0 Å². The van der Waals surface area contributed by atoms with E-state index in [2.05, 4.69) is 45.1 Å². The molecular weight excluding hydrogens is 144 g/mol. The van der Waals surface area contributed by atoms with Crippen LogP contribution in [0.4, 0.5) is 0 Å². The summed E-state index contributed by atoms with van der Waals surface area (Å²) in [5.41, 5.74) is 0.415. The van der Waals surface area contributed by atoms with Gasteiger partial charge in [-0.05, 0) is 30.6 Å². The SMILES string of the molecule is CC(C)(C)C1/C=C\CC/C=C\C1. The molecular formula is C12H20. The summed E-state index contributed by atoms with van der Waals surface area (Å²) in [6.45, 7) is 6.95. The minimum Gasteiger partial charge on any atom is -0.0882 e. The van der Waals surface area contributed by atoms with Crippen molar-refractivity contribution in [3.8, 4) is 0 Å². The molecule has 1 aliphatic rings. The van der Waals surface area contributed by atoms with Crippen molar-refractivity contribution in [2.75, 3.05) is 0 Å². The first-order valence-electron chi connectivity index (χ1n) is 4.92. The molecule has 1 unspecified atom stereocenters. The Morgan fingerprint density at radius 1 is 1.00 bits per heavy atom. The van der Waals surface area contributed by atoms with Crippen LogP contribution in [0.5, 0.6) is 0 Å². The van der Waals surface area contributed by atoms with Crippen molar-refractivity contribution in [1.82, 2.24) is 0 Å². The standard InChI is InChI=1S/C12H20/c1-12(2,3)11-9-7-5-4-6-8-10-11/h5,7-8,10-11H,4,6,9H2,1-3H3/b7-5-,10-8-. The van der Waals surface area contributed by atoms with Crippen molar-refractivity contribution in [1.29, 1.82) is 0 Å². The Kier molecular flexibility index (Phi) is 3.13. The van der Waals surface area contributed by atoms with Crippen molar-refractivity contribution in [3.05, 3.63) is 24.3 Å². The molecule has 0 radical (unpaired) electrons. The van der Waals surface area contributed by atoms with Gasteiger partial charge < -0.3 is 0 Å². The molecule has 0 amide bonds. The molecule has 1 atom stereocenters. The summed E-state index contributed by atoms with van der Waals surface area (Å²) in [5.74, 6) is 0.717. The molecule has 0 heteroatoms. The summed E-state index contributed by atoms with van der Waals surface area (Å²) in [6, 6.07) is 0. The van der Waals surface area contributed by atoms with Gasteiger partial charge in [-0.3, -0.25) is 0 Å². The first-order valence-corrected chi connectivity index (χ1v) is 4.92. The van der Waals surface area contributed by atoms with Gasteiger partial charge in [-0.15, -0.1) is 0 Å². The molecule has 0 heterocycles. The molecule has 0 aromatic heterocycles. The second-order valence-corrected chi connectivity index (χ2v) is 4.69. The summed E-state index contributed by atoms with van der Waals surface area (Å²) < 4.78 is 0. The first-order chi connectivity index (χ1) is 5.61. The Balaban J connectivity index is 2.62. The number of hydrogen-bond acceptors (Lipinski definition) is 0. The van der Waals surface area contributed by atoms with E-state index in [9.17, 15) is 0 Å². The minimum atomic E-state index is 0.415. The van der Waals surface area contributed by atoms with Crippen LogP contribution in [0.1, 0.15) is 40.0 Å². The molecule has 0 aromatic carbocycles. The van der Waals surface area contributed by atoms with E-state index in [1.54, 1.807) is 0 Å². The van der Waals surface area contributed by atoms with Crippen LogP contribution in [0.15, 0.2) is 24.3 Å². The molecule has 0 aromatic rings. The molecule has 0 aliphatic heterocycles. The first kappa shape index (κ1) is 9.57. The lowest BCUT2D eigenvalue weighted by Gasteiger charge is -2.27. The molecule has 0 bridgehead atoms. The van der Waals surface area contributed by atoms with Crippen molar-refractivity contribution < 1.29 is 0 Å². The van der Waals surface area contributed by atoms with Crippen LogP contribution in [0.3, 0.4) is 0 Å². The highest BCUT2D eigenvalue weighted by atomic mass is 14.3. The largest absolute Gasteiger partial charge is 0.0882 e. The molecule has 0 saturated carbocycles. The lowest BCUT2D eigenvalue weighted by atomic mass is 9.78. The fraction of sp³-hybridized carbons (Fsp3) is 0.667. The predicted octanol–water partition coefficient (Wildman–Crippen LogP) is 3.95. The molecule has 68 valence electrons. The zero-order valence-corrected chi connectivity index (χ0v) is 8.51. The van der Waals surface area contributed by atoms with Crippen molar-refractivity contribution in [2.24, 2.45) is 11.3 Å². The quantitative estimate of drug-likeness (QED) is 0.476. The average molecular weight is 164 g/mol. The third-order valence-electron chi connectivity index (χ3n) is 2.54. The van der Waals surface area contributed by atoms with E-state index in [4.69, 9.17) is 0 Å². The zero-order chi connectivity index (χ0) is 9.03. The molecule has 1 rings (SSSR count). The summed E-state index contributed by atoms with van der Waals surface area (Å²) in [5, 5.41) is 0. The Bertz CT molecular complexity index is 179. The van der Waals surface area contributed by atoms with E-state index >= 15 is 0 Å². The van der Waals surface area contributed by atoms with E-state index in [1.165, 1.54) is 19.3 Å². The van der Waals surface area contributed by atoms with Crippen molar-refractivity contribution in [3.63, 3.8) is 0 Å². The second-order valence-electron chi connectivity index (χ2n) is 4.69. The lowest BCUT2D eigenvalue weighted by Crippen LogP contribution is -2.17. The van der Waals surface area contributed by atoms with Crippen molar-refractivity contribution >= 4 is 0 Å². The molecule has 0 spiro atoms. The Morgan fingerprint density at radius 2 is 1.67 bits per heavy atom. The summed E-state index contributed by atoms with van der Waals surface area (Å²) in [7, 11) is 0. The van der Waals surface area contributed by atoms with Gasteiger partial charge in [-0.25, -0.2) is 0 Å². The summed E-state index contributed by atoms with van der Waals surface area (Å²) in [6.07, 6.45) is 13.0. The van der Waals surface area contributed by atoms with Gasteiger partial charge in [0.1, 0.15) is 0 Å². The van der Waals surface area contributed by atoms with Crippen LogP contribution in [0.25, 0.3) is 0 Å². The maximum atomic E-state index is 2.39. The highest BCUT2D eigenvalue weighted by Gasteiger charge is 2.20. The number of allylic oxidation sites excluding steroid dienone is 4. The van der Waals surface area contributed by atoms with Gasteiger partial charge >= 0.3 is 0 Å². The van der Waals surface area contributed by atoms with Crippen LogP contribution in [0, 0.1) is 11.3 Å². The van der Waals surface area contributed by atoms with Gasteiger partial charge in [0.05, 0.1) is 0 Å². The molecule has 12 heavy (non-hydrogen) atoms. The maximum absolute atomic E-state index is 2.39. The smallest absolute Gasteiger partial charge is 0.0150 e.